The smallest absolute Gasteiger partial charge is 0.227 e. The molecule has 6 heteroatoms. The van der Waals surface area contributed by atoms with Crippen LogP contribution in [0.2, 0.25) is 0 Å². The van der Waals surface area contributed by atoms with Gasteiger partial charge in [0.2, 0.25) is 5.91 Å². The van der Waals surface area contributed by atoms with E-state index in [2.05, 4.69) is 10.6 Å². The highest BCUT2D eigenvalue weighted by Crippen LogP contribution is 2.22. The first kappa shape index (κ1) is 17.0. The van der Waals surface area contributed by atoms with Gasteiger partial charge in [0.15, 0.2) is 9.84 Å². The maximum atomic E-state index is 12.5. The van der Waals surface area contributed by atoms with E-state index >= 15 is 0 Å². The number of carbonyl (C=O) groups is 1. The number of nitrogens with one attached hydrogen (secondary N) is 2. The minimum Gasteiger partial charge on any atom is -0.353 e. The van der Waals surface area contributed by atoms with Crippen molar-refractivity contribution in [2.45, 2.75) is 43.0 Å². The normalized spacial score (nSPS) is 17.9. The Bertz CT molecular complexity index is 605. The van der Waals surface area contributed by atoms with E-state index < -0.39 is 9.84 Å². The number of rotatable bonds is 5. The number of carbonyl (C=O) groups excluding carboxylic acids is 1. The summed E-state index contributed by atoms with van der Waals surface area (Å²) < 4.78 is 23.0. The molecule has 0 saturated carbocycles. The van der Waals surface area contributed by atoms with E-state index in [1.807, 2.05) is 6.92 Å². The van der Waals surface area contributed by atoms with E-state index in [0.29, 0.717) is 6.42 Å². The molecule has 2 N–H and O–H groups in total. The van der Waals surface area contributed by atoms with E-state index in [1.54, 1.807) is 24.3 Å². The van der Waals surface area contributed by atoms with Crippen molar-refractivity contribution in [1.82, 2.24) is 10.6 Å². The molecule has 0 aromatic heterocycles. The first-order valence-electron chi connectivity index (χ1n) is 7.73. The number of sulfone groups is 1. The van der Waals surface area contributed by atoms with Crippen molar-refractivity contribution in [2.75, 3.05) is 19.3 Å². The maximum absolute atomic E-state index is 12.5. The largest absolute Gasteiger partial charge is 0.353 e. The zero-order chi connectivity index (χ0) is 16.2. The minimum atomic E-state index is -3.20. The van der Waals surface area contributed by atoms with Crippen LogP contribution in [-0.4, -0.2) is 39.7 Å². The lowest BCUT2D eigenvalue weighted by atomic mass is 9.94. The molecule has 1 aliphatic heterocycles. The van der Waals surface area contributed by atoms with Gasteiger partial charge in [-0.05, 0) is 50.0 Å². The van der Waals surface area contributed by atoms with Crippen molar-refractivity contribution >= 4 is 15.7 Å². The van der Waals surface area contributed by atoms with Gasteiger partial charge in [-0.15, -0.1) is 0 Å². The maximum Gasteiger partial charge on any atom is 0.227 e. The minimum absolute atomic E-state index is 0.0292. The molecule has 0 aliphatic carbocycles. The predicted octanol–water partition coefficient (Wildman–Crippen LogP) is 1.45. The summed E-state index contributed by atoms with van der Waals surface area (Å²) in [6.07, 6.45) is 3.78. The van der Waals surface area contributed by atoms with Crippen LogP contribution in [0, 0.1) is 0 Å². The van der Waals surface area contributed by atoms with E-state index in [4.69, 9.17) is 0 Å². The summed E-state index contributed by atoms with van der Waals surface area (Å²) in [7, 11) is -3.20. The second-order valence-corrected chi connectivity index (χ2v) is 7.85. The summed E-state index contributed by atoms with van der Waals surface area (Å²) in [4.78, 5) is 12.8. The molecule has 1 aromatic carbocycles. The zero-order valence-electron chi connectivity index (χ0n) is 13.1. The molecule has 0 spiro atoms. The van der Waals surface area contributed by atoms with Gasteiger partial charge in [-0.1, -0.05) is 19.1 Å². The molecular weight excluding hydrogens is 300 g/mol. The van der Waals surface area contributed by atoms with Crippen LogP contribution in [0.15, 0.2) is 29.2 Å². The molecule has 1 aromatic rings. The standard InChI is InChI=1S/C16H24N2O3S/c1-3-15(16(19)18-13-8-10-17-11-9-13)12-4-6-14(7-5-12)22(2,20)21/h4-7,13,15,17H,3,8-11H2,1-2H3,(H,18,19). The summed E-state index contributed by atoms with van der Waals surface area (Å²) in [6.45, 7) is 3.84. The van der Waals surface area contributed by atoms with Gasteiger partial charge in [0.05, 0.1) is 10.8 Å². The molecule has 1 amide bonds. The molecule has 5 nitrogen and oxygen atoms in total. The van der Waals surface area contributed by atoms with Crippen LogP contribution in [0.1, 0.15) is 37.7 Å². The number of amides is 1. The van der Waals surface area contributed by atoms with E-state index in [9.17, 15) is 13.2 Å². The van der Waals surface area contributed by atoms with Gasteiger partial charge < -0.3 is 10.6 Å². The Hall–Kier alpha value is -1.40. The van der Waals surface area contributed by atoms with Crippen LogP contribution < -0.4 is 10.6 Å². The lowest BCUT2D eigenvalue weighted by Crippen LogP contribution is -2.44. The molecule has 1 fully saturated rings. The molecule has 22 heavy (non-hydrogen) atoms. The monoisotopic (exact) mass is 324 g/mol. The lowest BCUT2D eigenvalue weighted by Gasteiger charge is -2.26. The van der Waals surface area contributed by atoms with E-state index in [-0.39, 0.29) is 22.8 Å². The highest BCUT2D eigenvalue weighted by Gasteiger charge is 2.23. The molecule has 0 radical (unpaired) electrons. The fraction of sp³-hybridized carbons (Fsp3) is 0.562. The molecule has 0 bridgehead atoms. The summed E-state index contributed by atoms with van der Waals surface area (Å²) in [5.74, 6) is -0.204. The van der Waals surface area contributed by atoms with E-state index in [0.717, 1.165) is 31.5 Å². The van der Waals surface area contributed by atoms with Gasteiger partial charge >= 0.3 is 0 Å². The van der Waals surface area contributed by atoms with Crippen LogP contribution >= 0.6 is 0 Å². The number of hydrogen-bond acceptors (Lipinski definition) is 4. The topological polar surface area (TPSA) is 75.3 Å². The van der Waals surface area contributed by atoms with Crippen molar-refractivity contribution in [1.29, 1.82) is 0 Å². The van der Waals surface area contributed by atoms with Crippen molar-refractivity contribution in [2.24, 2.45) is 0 Å². The van der Waals surface area contributed by atoms with Crippen molar-refractivity contribution in [3.8, 4) is 0 Å². The molecule has 1 atom stereocenters. The highest BCUT2D eigenvalue weighted by atomic mass is 32.2. The van der Waals surface area contributed by atoms with Gasteiger partial charge in [0.1, 0.15) is 0 Å². The van der Waals surface area contributed by atoms with Gasteiger partial charge in [-0.3, -0.25) is 4.79 Å². The Labute approximate surface area is 132 Å². The van der Waals surface area contributed by atoms with Crippen LogP contribution in [0.25, 0.3) is 0 Å². The molecule has 122 valence electrons. The van der Waals surface area contributed by atoms with Crippen molar-refractivity contribution < 1.29 is 13.2 Å². The summed E-state index contributed by atoms with van der Waals surface area (Å²) in [5.41, 5.74) is 0.862. The second kappa shape index (κ2) is 7.24. The predicted molar refractivity (Wildman–Crippen MR) is 86.6 cm³/mol. The highest BCUT2D eigenvalue weighted by molar-refractivity contribution is 7.90. The quantitative estimate of drug-likeness (QED) is 0.860. The van der Waals surface area contributed by atoms with Gasteiger partial charge in [-0.25, -0.2) is 8.42 Å². The third-order valence-corrected chi connectivity index (χ3v) is 5.25. The summed E-state index contributed by atoms with van der Waals surface area (Å²) >= 11 is 0. The number of benzene rings is 1. The van der Waals surface area contributed by atoms with Crippen LogP contribution in [0.3, 0.4) is 0 Å². The van der Waals surface area contributed by atoms with Gasteiger partial charge in [0.25, 0.3) is 0 Å². The Morgan fingerprint density at radius 3 is 2.36 bits per heavy atom. The Kier molecular flexibility index (Phi) is 5.58. The zero-order valence-corrected chi connectivity index (χ0v) is 13.9. The second-order valence-electron chi connectivity index (χ2n) is 5.83. The first-order chi connectivity index (χ1) is 10.4. The number of hydrogen-bond donors (Lipinski definition) is 2. The molecule has 1 heterocycles. The summed E-state index contributed by atoms with van der Waals surface area (Å²) in [5, 5.41) is 6.39. The molecule has 1 unspecified atom stereocenters. The Morgan fingerprint density at radius 2 is 1.86 bits per heavy atom. The van der Waals surface area contributed by atoms with E-state index in [1.165, 1.54) is 6.26 Å². The Morgan fingerprint density at radius 1 is 1.27 bits per heavy atom. The summed E-state index contributed by atoms with van der Waals surface area (Å²) in [6, 6.07) is 6.87. The van der Waals surface area contributed by atoms with Crippen LogP contribution in [-0.2, 0) is 14.6 Å². The SMILES string of the molecule is CCC(C(=O)NC1CCNCC1)c1ccc(S(C)(=O)=O)cc1. The average Bonchev–Trinajstić information content (AvgIpc) is 2.48. The third-order valence-electron chi connectivity index (χ3n) is 4.12. The fourth-order valence-electron chi connectivity index (χ4n) is 2.79. The molecule has 1 saturated heterocycles. The third kappa shape index (κ3) is 4.30. The van der Waals surface area contributed by atoms with Crippen LogP contribution in [0.4, 0.5) is 0 Å². The Balaban J connectivity index is 2.08. The first-order valence-corrected chi connectivity index (χ1v) is 9.62. The average molecular weight is 324 g/mol. The van der Waals surface area contributed by atoms with Gasteiger partial charge in [0, 0.05) is 12.3 Å². The van der Waals surface area contributed by atoms with Gasteiger partial charge in [-0.2, -0.15) is 0 Å². The fourth-order valence-corrected chi connectivity index (χ4v) is 3.42. The van der Waals surface area contributed by atoms with Crippen molar-refractivity contribution in [3.05, 3.63) is 29.8 Å². The molecule has 1 aliphatic rings. The lowest BCUT2D eigenvalue weighted by molar-refractivity contribution is -0.123. The van der Waals surface area contributed by atoms with Crippen LogP contribution in [0.5, 0.6) is 0 Å². The molecule has 2 rings (SSSR count). The molecular formula is C16H24N2O3S. The van der Waals surface area contributed by atoms with Crippen molar-refractivity contribution in [3.63, 3.8) is 0 Å². The number of piperidine rings is 1.